The molecule has 10 heteroatoms. The molecule has 0 saturated carbocycles. The molecule has 3 heterocycles. The number of piperazine rings is 1. The van der Waals surface area contributed by atoms with Gasteiger partial charge in [-0.3, -0.25) is 9.69 Å². The SMILES string of the molecule is COCCn1nnnc1[C@@H](c1cc2c(C)ccc(C)c2[nH]c1=O)N1CCN(c2ccc(OC)cc2)CC1. The van der Waals surface area contributed by atoms with Gasteiger partial charge in [-0.1, -0.05) is 12.1 Å². The molecule has 0 radical (unpaired) electrons. The summed E-state index contributed by atoms with van der Waals surface area (Å²) >= 11 is 0. The summed E-state index contributed by atoms with van der Waals surface area (Å²) < 4.78 is 12.3. The number of hydrogen-bond acceptors (Lipinski definition) is 8. The van der Waals surface area contributed by atoms with Crippen LogP contribution in [0.15, 0.2) is 47.3 Å². The van der Waals surface area contributed by atoms with Gasteiger partial charge in [0.05, 0.1) is 25.8 Å². The fourth-order valence-electron chi connectivity index (χ4n) is 5.07. The number of hydrogen-bond donors (Lipinski definition) is 1. The van der Waals surface area contributed by atoms with E-state index in [9.17, 15) is 4.79 Å². The van der Waals surface area contributed by atoms with Crippen LogP contribution >= 0.6 is 0 Å². The number of rotatable bonds is 8. The molecule has 1 aliphatic heterocycles. The molecule has 4 aromatic rings. The smallest absolute Gasteiger partial charge is 0.253 e. The Balaban J connectivity index is 1.52. The van der Waals surface area contributed by atoms with Gasteiger partial charge >= 0.3 is 0 Å². The summed E-state index contributed by atoms with van der Waals surface area (Å²) in [7, 11) is 3.32. The van der Waals surface area contributed by atoms with E-state index in [2.05, 4.69) is 55.4 Å². The van der Waals surface area contributed by atoms with E-state index in [4.69, 9.17) is 9.47 Å². The van der Waals surface area contributed by atoms with Gasteiger partial charge in [0.15, 0.2) is 5.82 Å². The van der Waals surface area contributed by atoms with Gasteiger partial charge in [-0.05, 0) is 65.7 Å². The first-order valence-electron chi connectivity index (χ1n) is 12.5. The monoisotopic (exact) mass is 503 g/mol. The number of anilines is 1. The average molecular weight is 504 g/mol. The van der Waals surface area contributed by atoms with Crippen LogP contribution in [0.25, 0.3) is 10.9 Å². The first-order valence-corrected chi connectivity index (χ1v) is 12.5. The summed E-state index contributed by atoms with van der Waals surface area (Å²) in [5, 5.41) is 13.6. The topological polar surface area (TPSA) is 101 Å². The molecule has 0 amide bonds. The van der Waals surface area contributed by atoms with Gasteiger partial charge in [0.25, 0.3) is 5.56 Å². The number of fused-ring (bicyclic) bond motifs is 1. The summed E-state index contributed by atoms with van der Waals surface area (Å²) in [4.78, 5) is 21.3. The standard InChI is InChI=1S/C27H33N7O3/c1-18-5-6-19(2)24-22(18)17-23(27(35)28-24)25(26-29-30-31-34(26)15-16-36-3)33-13-11-32(12-14-33)20-7-9-21(37-4)10-8-20/h5-10,17,25H,11-16H2,1-4H3,(H,28,35)/t25-/m1/s1. The van der Waals surface area contributed by atoms with Crippen molar-refractivity contribution >= 4 is 16.6 Å². The fourth-order valence-corrected chi connectivity index (χ4v) is 5.07. The molecule has 2 aromatic carbocycles. The number of H-pyrrole nitrogens is 1. The molecule has 2 aromatic heterocycles. The van der Waals surface area contributed by atoms with Crippen LogP contribution in [0.2, 0.25) is 0 Å². The molecule has 0 bridgehead atoms. The summed E-state index contributed by atoms with van der Waals surface area (Å²) in [6.45, 7) is 8.18. The Labute approximate surface area is 215 Å². The summed E-state index contributed by atoms with van der Waals surface area (Å²) in [6.07, 6.45) is 0. The Morgan fingerprint density at radius 1 is 1.00 bits per heavy atom. The van der Waals surface area contributed by atoms with Crippen molar-refractivity contribution in [3.63, 3.8) is 0 Å². The van der Waals surface area contributed by atoms with Crippen LogP contribution in [0.1, 0.15) is 28.6 Å². The van der Waals surface area contributed by atoms with E-state index >= 15 is 0 Å². The first kappa shape index (κ1) is 24.9. The Morgan fingerprint density at radius 3 is 2.43 bits per heavy atom. The Hall–Kier alpha value is -3.76. The van der Waals surface area contributed by atoms with Gasteiger partial charge in [-0.2, -0.15) is 0 Å². The molecule has 1 saturated heterocycles. The Kier molecular flexibility index (Phi) is 7.20. The average Bonchev–Trinajstić information content (AvgIpc) is 3.39. The lowest BCUT2D eigenvalue weighted by atomic mass is 9.99. The number of nitrogens with zero attached hydrogens (tertiary/aromatic N) is 6. The molecule has 1 N–H and O–H groups in total. The van der Waals surface area contributed by atoms with E-state index in [1.807, 2.05) is 31.2 Å². The van der Waals surface area contributed by atoms with Gasteiger partial charge in [0.1, 0.15) is 11.8 Å². The number of aromatic nitrogens is 5. The molecule has 1 aliphatic rings. The molecule has 194 valence electrons. The predicted molar refractivity (Wildman–Crippen MR) is 142 cm³/mol. The zero-order valence-electron chi connectivity index (χ0n) is 21.8. The zero-order chi connectivity index (χ0) is 25.9. The van der Waals surface area contributed by atoms with Crippen LogP contribution in [0, 0.1) is 13.8 Å². The number of aromatic amines is 1. The number of methoxy groups -OCH3 is 2. The third kappa shape index (κ3) is 4.94. The fraction of sp³-hybridized carbons (Fsp3) is 0.407. The molecule has 1 atom stereocenters. The van der Waals surface area contributed by atoms with E-state index in [0.717, 1.165) is 59.6 Å². The highest BCUT2D eigenvalue weighted by Gasteiger charge is 2.33. The predicted octanol–water partition coefficient (Wildman–Crippen LogP) is 2.70. The highest BCUT2D eigenvalue weighted by atomic mass is 16.5. The lowest BCUT2D eigenvalue weighted by Crippen LogP contribution is -2.49. The molecular weight excluding hydrogens is 470 g/mol. The van der Waals surface area contributed by atoms with Gasteiger partial charge in [0, 0.05) is 49.9 Å². The maximum Gasteiger partial charge on any atom is 0.253 e. The molecular formula is C27H33N7O3. The molecule has 37 heavy (non-hydrogen) atoms. The van der Waals surface area contributed by atoms with Crippen LogP contribution in [-0.4, -0.2) is 77.1 Å². The van der Waals surface area contributed by atoms with Crippen molar-refractivity contribution in [2.45, 2.75) is 26.4 Å². The first-order chi connectivity index (χ1) is 18.0. The second kappa shape index (κ2) is 10.7. The maximum absolute atomic E-state index is 13.5. The third-order valence-electron chi connectivity index (χ3n) is 7.20. The molecule has 5 rings (SSSR count). The second-order valence-electron chi connectivity index (χ2n) is 9.42. The van der Waals surface area contributed by atoms with Crippen LogP contribution in [-0.2, 0) is 11.3 Å². The number of benzene rings is 2. The van der Waals surface area contributed by atoms with Crippen LogP contribution < -0.4 is 15.2 Å². The number of nitrogens with one attached hydrogen (secondary N) is 1. The molecule has 0 aliphatic carbocycles. The maximum atomic E-state index is 13.5. The van der Waals surface area contributed by atoms with Crippen molar-refractivity contribution in [3.05, 3.63) is 75.3 Å². The molecule has 0 spiro atoms. The van der Waals surface area contributed by atoms with Crippen molar-refractivity contribution < 1.29 is 9.47 Å². The van der Waals surface area contributed by atoms with Crippen molar-refractivity contribution in [2.24, 2.45) is 0 Å². The van der Waals surface area contributed by atoms with Gasteiger partial charge in [-0.15, -0.1) is 5.10 Å². The zero-order valence-corrected chi connectivity index (χ0v) is 21.8. The van der Waals surface area contributed by atoms with E-state index in [1.54, 1.807) is 18.9 Å². The lowest BCUT2D eigenvalue weighted by molar-refractivity contribution is 0.171. The van der Waals surface area contributed by atoms with Crippen LogP contribution in [0.4, 0.5) is 5.69 Å². The minimum Gasteiger partial charge on any atom is -0.497 e. The quantitative estimate of drug-likeness (QED) is 0.392. The van der Waals surface area contributed by atoms with E-state index < -0.39 is 6.04 Å². The van der Waals surface area contributed by atoms with Crippen molar-refractivity contribution in [3.8, 4) is 5.75 Å². The minimum atomic E-state index is -0.391. The number of ether oxygens (including phenoxy) is 2. The third-order valence-corrected chi connectivity index (χ3v) is 7.20. The van der Waals surface area contributed by atoms with E-state index in [0.29, 0.717) is 24.5 Å². The van der Waals surface area contributed by atoms with E-state index in [-0.39, 0.29) is 5.56 Å². The van der Waals surface area contributed by atoms with Crippen molar-refractivity contribution in [1.82, 2.24) is 30.1 Å². The number of aryl methyl sites for hydroxylation is 2. The van der Waals surface area contributed by atoms with Gasteiger partial charge in [-0.25, -0.2) is 4.68 Å². The molecule has 10 nitrogen and oxygen atoms in total. The Morgan fingerprint density at radius 2 is 1.73 bits per heavy atom. The summed E-state index contributed by atoms with van der Waals surface area (Å²) in [6, 6.07) is 13.9. The van der Waals surface area contributed by atoms with Crippen LogP contribution in [0.5, 0.6) is 5.75 Å². The second-order valence-corrected chi connectivity index (χ2v) is 9.42. The molecule has 1 fully saturated rings. The lowest BCUT2D eigenvalue weighted by Gasteiger charge is -2.39. The largest absolute Gasteiger partial charge is 0.497 e. The van der Waals surface area contributed by atoms with Gasteiger partial charge in [0.2, 0.25) is 0 Å². The van der Waals surface area contributed by atoms with Crippen LogP contribution in [0.3, 0.4) is 0 Å². The highest BCUT2D eigenvalue weighted by Crippen LogP contribution is 2.30. The number of pyridine rings is 1. The van der Waals surface area contributed by atoms with Crippen molar-refractivity contribution in [1.29, 1.82) is 0 Å². The highest BCUT2D eigenvalue weighted by molar-refractivity contribution is 5.85. The normalized spacial score (nSPS) is 15.3. The van der Waals surface area contributed by atoms with E-state index in [1.165, 1.54) is 0 Å². The minimum absolute atomic E-state index is 0.120. The molecule has 0 unspecified atom stereocenters. The number of tetrazole rings is 1. The Bertz CT molecular complexity index is 1420. The summed E-state index contributed by atoms with van der Waals surface area (Å²) in [5.41, 5.74) is 4.70. The summed E-state index contributed by atoms with van der Waals surface area (Å²) in [5.74, 6) is 1.48. The van der Waals surface area contributed by atoms with Gasteiger partial charge < -0.3 is 19.4 Å². The van der Waals surface area contributed by atoms with Crippen molar-refractivity contribution in [2.75, 3.05) is 51.9 Å².